The molecule has 0 aliphatic carbocycles. The van der Waals surface area contributed by atoms with Gasteiger partial charge in [-0.1, -0.05) is 71.1 Å². The quantitative estimate of drug-likeness (QED) is 0.410. The lowest BCUT2D eigenvalue weighted by molar-refractivity contribution is -0.123. The lowest BCUT2D eigenvalue weighted by Crippen LogP contribution is -2.25. The van der Waals surface area contributed by atoms with Gasteiger partial charge in [-0.25, -0.2) is 0 Å². The number of carbonyl (C=O) groups is 1. The van der Waals surface area contributed by atoms with Gasteiger partial charge in [-0.3, -0.25) is 0 Å². The van der Waals surface area contributed by atoms with Crippen LogP contribution in [0.3, 0.4) is 0 Å². The van der Waals surface area contributed by atoms with Gasteiger partial charge in [-0.2, -0.15) is 0 Å². The summed E-state index contributed by atoms with van der Waals surface area (Å²) in [6.45, 7) is 3.84. The minimum Gasteiger partial charge on any atom is -0.383 e. The van der Waals surface area contributed by atoms with Crippen LogP contribution in [0.5, 0.6) is 0 Å². The van der Waals surface area contributed by atoms with Crippen molar-refractivity contribution < 1.29 is 9.90 Å². The fraction of sp³-hybridized carbons (Fsp3) is 0.933. The Morgan fingerprint density at radius 3 is 1.71 bits per heavy atom. The van der Waals surface area contributed by atoms with Gasteiger partial charge in [-0.15, -0.1) is 0 Å². The maximum absolute atomic E-state index is 10.5. The number of rotatable bonds is 12. The molecular formula is C15H30O2. The van der Waals surface area contributed by atoms with Gasteiger partial charge >= 0.3 is 0 Å². The van der Waals surface area contributed by atoms with Crippen LogP contribution in [-0.4, -0.2) is 17.0 Å². The molecule has 0 aliphatic rings. The van der Waals surface area contributed by atoms with Crippen LogP contribution in [-0.2, 0) is 4.79 Å². The van der Waals surface area contributed by atoms with Crippen molar-refractivity contribution in [1.82, 2.24) is 0 Å². The van der Waals surface area contributed by atoms with Crippen molar-refractivity contribution in [2.24, 2.45) is 0 Å². The van der Waals surface area contributed by atoms with Gasteiger partial charge in [0.25, 0.3) is 0 Å². The first-order valence-electron chi connectivity index (χ1n) is 7.31. The highest BCUT2D eigenvalue weighted by atomic mass is 16.3. The standard InChI is InChI=1S/C15H30O2/c1-3-4-5-6-7-8-9-10-11-12-13-15(2,17)14-16/h14,17H,3-13H2,1-2H3. The Labute approximate surface area is 107 Å². The van der Waals surface area contributed by atoms with E-state index >= 15 is 0 Å². The SMILES string of the molecule is CCCCCCCCCCCCC(C)(O)C=O. The van der Waals surface area contributed by atoms with E-state index in [-0.39, 0.29) is 0 Å². The fourth-order valence-corrected chi connectivity index (χ4v) is 2.03. The third kappa shape index (κ3) is 11.9. The molecule has 102 valence electrons. The van der Waals surface area contributed by atoms with Gasteiger partial charge in [-0.05, 0) is 13.3 Å². The molecule has 0 saturated heterocycles. The van der Waals surface area contributed by atoms with E-state index in [1.165, 1.54) is 51.4 Å². The van der Waals surface area contributed by atoms with Crippen LogP contribution in [0.4, 0.5) is 0 Å². The molecule has 0 fully saturated rings. The molecule has 1 atom stereocenters. The van der Waals surface area contributed by atoms with Crippen LogP contribution in [0.2, 0.25) is 0 Å². The maximum Gasteiger partial charge on any atom is 0.151 e. The number of aliphatic hydroxyl groups is 1. The molecule has 2 heteroatoms. The normalized spacial score (nSPS) is 14.5. The number of hydrogen-bond donors (Lipinski definition) is 1. The summed E-state index contributed by atoms with van der Waals surface area (Å²) in [6, 6.07) is 0. The van der Waals surface area contributed by atoms with Gasteiger partial charge < -0.3 is 9.90 Å². The van der Waals surface area contributed by atoms with Crippen molar-refractivity contribution in [3.8, 4) is 0 Å². The van der Waals surface area contributed by atoms with Crippen molar-refractivity contribution >= 4 is 6.29 Å². The Balaban J connectivity index is 3.11. The topological polar surface area (TPSA) is 37.3 Å². The smallest absolute Gasteiger partial charge is 0.151 e. The van der Waals surface area contributed by atoms with Crippen LogP contribution in [0.25, 0.3) is 0 Å². The highest BCUT2D eigenvalue weighted by molar-refractivity contribution is 5.60. The maximum atomic E-state index is 10.5. The number of aldehydes is 1. The zero-order chi connectivity index (χ0) is 13.0. The zero-order valence-electron chi connectivity index (χ0n) is 11.7. The van der Waals surface area contributed by atoms with Crippen molar-refractivity contribution in [3.63, 3.8) is 0 Å². The molecule has 0 amide bonds. The van der Waals surface area contributed by atoms with E-state index in [2.05, 4.69) is 6.92 Å². The van der Waals surface area contributed by atoms with E-state index in [9.17, 15) is 9.90 Å². The Hall–Kier alpha value is -0.370. The first-order chi connectivity index (χ1) is 8.12. The van der Waals surface area contributed by atoms with Crippen LogP contribution in [0.15, 0.2) is 0 Å². The molecule has 0 spiro atoms. The third-order valence-corrected chi connectivity index (χ3v) is 3.29. The molecule has 0 aromatic carbocycles. The first kappa shape index (κ1) is 16.6. The predicted octanol–water partition coefficient (Wildman–Crippen LogP) is 4.25. The third-order valence-electron chi connectivity index (χ3n) is 3.29. The fourth-order valence-electron chi connectivity index (χ4n) is 2.03. The van der Waals surface area contributed by atoms with Crippen molar-refractivity contribution in [1.29, 1.82) is 0 Å². The molecule has 0 radical (unpaired) electrons. The molecule has 17 heavy (non-hydrogen) atoms. The predicted molar refractivity (Wildman–Crippen MR) is 73.1 cm³/mol. The van der Waals surface area contributed by atoms with E-state index in [4.69, 9.17) is 0 Å². The summed E-state index contributed by atoms with van der Waals surface area (Å²) in [4.78, 5) is 10.5. The summed E-state index contributed by atoms with van der Waals surface area (Å²) in [5.74, 6) is 0. The van der Waals surface area contributed by atoms with E-state index in [1.807, 2.05) is 0 Å². The summed E-state index contributed by atoms with van der Waals surface area (Å²) in [5.41, 5.74) is -1.10. The molecule has 0 aromatic heterocycles. The van der Waals surface area contributed by atoms with Crippen LogP contribution < -0.4 is 0 Å². The molecule has 1 N–H and O–H groups in total. The van der Waals surface area contributed by atoms with Crippen molar-refractivity contribution in [3.05, 3.63) is 0 Å². The van der Waals surface area contributed by atoms with Gasteiger partial charge in [0.05, 0.1) is 0 Å². The van der Waals surface area contributed by atoms with Crippen molar-refractivity contribution in [2.75, 3.05) is 0 Å². The molecule has 2 nitrogen and oxygen atoms in total. The minimum absolute atomic E-state index is 0.604. The van der Waals surface area contributed by atoms with Gasteiger partial charge in [0.1, 0.15) is 5.60 Å². The molecular weight excluding hydrogens is 212 g/mol. The van der Waals surface area contributed by atoms with E-state index in [0.29, 0.717) is 12.7 Å². The number of unbranched alkanes of at least 4 members (excludes halogenated alkanes) is 9. The molecule has 0 heterocycles. The zero-order valence-corrected chi connectivity index (χ0v) is 11.7. The lowest BCUT2D eigenvalue weighted by atomic mass is 9.99. The molecule has 0 aliphatic heterocycles. The number of hydrogen-bond acceptors (Lipinski definition) is 2. The van der Waals surface area contributed by atoms with E-state index < -0.39 is 5.60 Å². The van der Waals surface area contributed by atoms with E-state index in [0.717, 1.165) is 12.8 Å². The summed E-state index contributed by atoms with van der Waals surface area (Å²) < 4.78 is 0. The Morgan fingerprint density at radius 2 is 1.29 bits per heavy atom. The average Bonchev–Trinajstić information content (AvgIpc) is 2.31. The second-order valence-corrected chi connectivity index (χ2v) is 5.41. The second kappa shape index (κ2) is 10.8. The van der Waals surface area contributed by atoms with Gasteiger partial charge in [0.15, 0.2) is 6.29 Å². The highest BCUT2D eigenvalue weighted by Crippen LogP contribution is 2.14. The average molecular weight is 242 g/mol. The van der Waals surface area contributed by atoms with Crippen molar-refractivity contribution in [2.45, 2.75) is 90.1 Å². The summed E-state index contributed by atoms with van der Waals surface area (Å²) >= 11 is 0. The van der Waals surface area contributed by atoms with Gasteiger partial charge in [0, 0.05) is 0 Å². The molecule has 1 unspecified atom stereocenters. The second-order valence-electron chi connectivity index (χ2n) is 5.41. The van der Waals surface area contributed by atoms with Gasteiger partial charge in [0.2, 0.25) is 0 Å². The molecule has 0 aromatic rings. The molecule has 0 saturated carbocycles. The Morgan fingerprint density at radius 1 is 0.882 bits per heavy atom. The van der Waals surface area contributed by atoms with Crippen LogP contribution >= 0.6 is 0 Å². The lowest BCUT2D eigenvalue weighted by Gasteiger charge is -2.14. The minimum atomic E-state index is -1.10. The summed E-state index contributed by atoms with van der Waals surface area (Å²) in [7, 11) is 0. The number of carbonyl (C=O) groups excluding carboxylic acids is 1. The van der Waals surface area contributed by atoms with Crippen LogP contribution in [0, 0.1) is 0 Å². The largest absolute Gasteiger partial charge is 0.383 e. The molecule has 0 rings (SSSR count). The Kier molecular flexibility index (Phi) is 10.5. The highest BCUT2D eigenvalue weighted by Gasteiger charge is 2.17. The monoisotopic (exact) mass is 242 g/mol. The first-order valence-corrected chi connectivity index (χ1v) is 7.31. The Bertz CT molecular complexity index is 176. The van der Waals surface area contributed by atoms with Crippen LogP contribution in [0.1, 0.15) is 84.5 Å². The summed E-state index contributed by atoms with van der Waals surface area (Å²) in [6.07, 6.45) is 14.1. The molecule has 0 bridgehead atoms. The van der Waals surface area contributed by atoms with E-state index in [1.54, 1.807) is 6.92 Å². The summed E-state index contributed by atoms with van der Waals surface area (Å²) in [5, 5.41) is 9.48.